The molecule has 6 aromatic carbocycles. The number of rotatable bonds is 8. The summed E-state index contributed by atoms with van der Waals surface area (Å²) in [6.07, 6.45) is 0. The van der Waals surface area contributed by atoms with Crippen molar-refractivity contribution in [3.63, 3.8) is 0 Å². The van der Waals surface area contributed by atoms with Gasteiger partial charge in [-0.25, -0.2) is 21.6 Å². The summed E-state index contributed by atoms with van der Waals surface area (Å²) in [5, 5.41) is 8.00. The van der Waals surface area contributed by atoms with Gasteiger partial charge in [-0.1, -0.05) is 97.1 Å². The van der Waals surface area contributed by atoms with Crippen LogP contribution < -0.4 is 20.1 Å². The van der Waals surface area contributed by atoms with Crippen LogP contribution in [0.4, 0.5) is 27.5 Å². The Hall–Kier alpha value is -5.39. The zero-order valence-corrected chi connectivity index (χ0v) is 24.7. The van der Waals surface area contributed by atoms with Gasteiger partial charge in [-0.2, -0.15) is 0 Å². The molecular formula is C33H26N4O5S2. The van der Waals surface area contributed by atoms with E-state index in [9.17, 15) is 21.6 Å². The quantitative estimate of drug-likeness (QED) is 0.142. The van der Waals surface area contributed by atoms with Gasteiger partial charge in [-0.3, -0.25) is 9.44 Å². The number of fused-ring (bicyclic) bond motifs is 2. The van der Waals surface area contributed by atoms with Crippen LogP contribution in [0.5, 0.6) is 0 Å². The van der Waals surface area contributed by atoms with Gasteiger partial charge in [0.05, 0.1) is 32.5 Å². The molecule has 0 aliphatic rings. The summed E-state index contributed by atoms with van der Waals surface area (Å²) in [7, 11) is -8.05. The Morgan fingerprint density at radius 3 is 1.18 bits per heavy atom. The maximum Gasteiger partial charge on any atom is 0.323 e. The first kappa shape index (κ1) is 28.7. The molecule has 0 unspecified atom stereocenters. The molecule has 0 bridgehead atoms. The summed E-state index contributed by atoms with van der Waals surface area (Å²) in [4.78, 5) is 13.3. The van der Waals surface area contributed by atoms with Crippen LogP contribution in [-0.2, 0) is 20.0 Å². The smallest absolute Gasteiger partial charge is 0.306 e. The third-order valence-electron chi connectivity index (χ3n) is 6.92. The first-order valence-corrected chi connectivity index (χ1v) is 16.5. The number of hydrogen-bond donors (Lipinski definition) is 4. The van der Waals surface area contributed by atoms with E-state index in [1.165, 1.54) is 24.3 Å². The number of anilines is 4. The zero-order chi connectivity index (χ0) is 30.7. The van der Waals surface area contributed by atoms with Crippen LogP contribution in [0.15, 0.2) is 143 Å². The van der Waals surface area contributed by atoms with Crippen LogP contribution in [0, 0.1) is 0 Å². The lowest BCUT2D eigenvalue weighted by atomic mass is 10.1. The number of sulfonamides is 2. The third kappa shape index (κ3) is 5.91. The average Bonchev–Trinajstić information content (AvgIpc) is 3.02. The first-order chi connectivity index (χ1) is 21.2. The molecule has 0 saturated carbocycles. The lowest BCUT2D eigenvalue weighted by Crippen LogP contribution is -2.22. The van der Waals surface area contributed by atoms with Gasteiger partial charge < -0.3 is 10.6 Å². The second-order valence-corrected chi connectivity index (χ2v) is 13.1. The minimum absolute atomic E-state index is 0.0993. The fourth-order valence-electron chi connectivity index (χ4n) is 4.90. The van der Waals surface area contributed by atoms with E-state index < -0.39 is 26.1 Å². The Bertz CT molecular complexity index is 2090. The predicted molar refractivity (Wildman–Crippen MR) is 175 cm³/mol. The van der Waals surface area contributed by atoms with Gasteiger partial charge in [0, 0.05) is 10.8 Å². The molecule has 0 radical (unpaired) electrons. The van der Waals surface area contributed by atoms with Gasteiger partial charge in [-0.05, 0) is 47.2 Å². The van der Waals surface area contributed by atoms with E-state index >= 15 is 0 Å². The normalized spacial score (nSPS) is 11.6. The Morgan fingerprint density at radius 2 is 0.750 bits per heavy atom. The molecule has 0 aliphatic heterocycles. The number of amides is 2. The number of benzene rings is 6. The van der Waals surface area contributed by atoms with Gasteiger partial charge in [-0.15, -0.1) is 0 Å². The number of nitrogens with one attached hydrogen (secondary N) is 4. The van der Waals surface area contributed by atoms with Crippen molar-refractivity contribution in [3.05, 3.63) is 133 Å². The number of carbonyl (C=O) groups is 1. The molecule has 4 N–H and O–H groups in total. The molecule has 0 saturated heterocycles. The van der Waals surface area contributed by atoms with Gasteiger partial charge in [0.2, 0.25) is 0 Å². The van der Waals surface area contributed by atoms with Crippen LogP contribution in [0.25, 0.3) is 21.5 Å². The Labute approximate surface area is 254 Å². The summed E-state index contributed by atoms with van der Waals surface area (Å²) in [6.45, 7) is 0. The van der Waals surface area contributed by atoms with Crippen LogP contribution >= 0.6 is 0 Å². The average molecular weight is 623 g/mol. The maximum atomic E-state index is 13.4. The van der Waals surface area contributed by atoms with E-state index in [-0.39, 0.29) is 32.5 Å². The second kappa shape index (κ2) is 11.7. The minimum Gasteiger partial charge on any atom is -0.306 e. The van der Waals surface area contributed by atoms with E-state index in [1.54, 1.807) is 72.8 Å². The Kier molecular flexibility index (Phi) is 7.64. The predicted octanol–water partition coefficient (Wildman–Crippen LogP) is 7.24. The largest absolute Gasteiger partial charge is 0.323 e. The molecule has 6 aromatic rings. The van der Waals surface area contributed by atoms with Crippen molar-refractivity contribution in [1.29, 1.82) is 0 Å². The van der Waals surface area contributed by atoms with E-state index in [4.69, 9.17) is 0 Å². The molecule has 0 aromatic heterocycles. The van der Waals surface area contributed by atoms with Gasteiger partial charge in [0.1, 0.15) is 0 Å². The summed E-state index contributed by atoms with van der Waals surface area (Å²) in [5.74, 6) is 0. The lowest BCUT2D eigenvalue weighted by Gasteiger charge is -2.17. The fourth-order valence-corrected chi connectivity index (χ4v) is 7.52. The van der Waals surface area contributed by atoms with Gasteiger partial charge in [0.15, 0.2) is 0 Å². The van der Waals surface area contributed by atoms with Crippen LogP contribution in [0.1, 0.15) is 0 Å². The summed E-state index contributed by atoms with van der Waals surface area (Å²) >= 11 is 0. The van der Waals surface area contributed by atoms with Crippen molar-refractivity contribution < 1.29 is 21.6 Å². The van der Waals surface area contributed by atoms with E-state index in [2.05, 4.69) is 20.1 Å². The summed E-state index contributed by atoms with van der Waals surface area (Å²) < 4.78 is 58.8. The molecule has 0 aliphatic carbocycles. The van der Waals surface area contributed by atoms with Crippen molar-refractivity contribution in [2.45, 2.75) is 9.79 Å². The molecular weight excluding hydrogens is 597 g/mol. The standard InChI is InChI=1S/C33H26N4O5S2/c38-33(34-27-17-5-7-19-29(27)36-43(39,40)31-21-9-13-23-11-1-3-15-25(23)31)35-28-18-6-8-20-30(28)37-44(41,42)32-22-10-14-24-12-2-4-16-26(24)32/h1-22,36-37H,(H2,34,35,38). The van der Waals surface area contributed by atoms with Crippen LogP contribution in [0.2, 0.25) is 0 Å². The van der Waals surface area contributed by atoms with E-state index in [1.807, 2.05) is 36.4 Å². The molecule has 9 nitrogen and oxygen atoms in total. The highest BCUT2D eigenvalue weighted by molar-refractivity contribution is 7.93. The first-order valence-electron chi connectivity index (χ1n) is 13.5. The number of hydrogen-bond acceptors (Lipinski definition) is 5. The Balaban J connectivity index is 1.22. The monoisotopic (exact) mass is 622 g/mol. The molecule has 0 atom stereocenters. The molecule has 220 valence electrons. The van der Waals surface area contributed by atoms with Crippen molar-refractivity contribution in [2.24, 2.45) is 0 Å². The second-order valence-electron chi connectivity index (χ2n) is 9.84. The molecule has 11 heteroatoms. The maximum absolute atomic E-state index is 13.4. The number of carbonyl (C=O) groups excluding carboxylic acids is 1. The van der Waals surface area contributed by atoms with Crippen LogP contribution in [0.3, 0.4) is 0 Å². The molecule has 0 heterocycles. The van der Waals surface area contributed by atoms with Crippen molar-refractivity contribution in [1.82, 2.24) is 0 Å². The highest BCUT2D eigenvalue weighted by atomic mass is 32.2. The molecule has 0 fully saturated rings. The highest BCUT2D eigenvalue weighted by Gasteiger charge is 2.21. The summed E-state index contributed by atoms with van der Waals surface area (Å²) in [6, 6.07) is 36.4. The van der Waals surface area contributed by atoms with Crippen molar-refractivity contribution in [2.75, 3.05) is 20.1 Å². The molecule has 2 amide bonds. The van der Waals surface area contributed by atoms with Crippen molar-refractivity contribution >= 4 is 70.4 Å². The SMILES string of the molecule is O=C(Nc1ccccc1NS(=O)(=O)c1cccc2ccccc12)Nc1ccccc1NS(=O)(=O)c1cccc2ccccc12. The summed E-state index contributed by atoms with van der Waals surface area (Å²) in [5.41, 5.74) is 0.700. The highest BCUT2D eigenvalue weighted by Crippen LogP contribution is 2.30. The van der Waals surface area contributed by atoms with Gasteiger partial charge in [0.25, 0.3) is 20.0 Å². The fraction of sp³-hybridized carbons (Fsp3) is 0. The molecule has 44 heavy (non-hydrogen) atoms. The number of urea groups is 1. The number of para-hydroxylation sites is 4. The van der Waals surface area contributed by atoms with E-state index in [0.717, 1.165) is 10.8 Å². The topological polar surface area (TPSA) is 133 Å². The zero-order valence-electron chi connectivity index (χ0n) is 23.1. The Morgan fingerprint density at radius 1 is 0.409 bits per heavy atom. The van der Waals surface area contributed by atoms with Crippen LogP contribution in [-0.4, -0.2) is 22.9 Å². The van der Waals surface area contributed by atoms with Gasteiger partial charge >= 0.3 is 6.03 Å². The van der Waals surface area contributed by atoms with Crippen molar-refractivity contribution in [3.8, 4) is 0 Å². The molecule has 6 rings (SSSR count). The minimum atomic E-state index is -4.02. The lowest BCUT2D eigenvalue weighted by molar-refractivity contribution is 0.262. The molecule has 0 spiro atoms. The third-order valence-corrected chi connectivity index (χ3v) is 9.76. The van der Waals surface area contributed by atoms with E-state index in [0.29, 0.717) is 10.8 Å².